The molecule has 0 unspecified atom stereocenters. The van der Waals surface area contributed by atoms with Gasteiger partial charge in [-0.3, -0.25) is 4.98 Å². The number of piperidine rings is 1. The van der Waals surface area contributed by atoms with Crippen LogP contribution in [0.2, 0.25) is 0 Å². The fourth-order valence-electron chi connectivity index (χ4n) is 2.28. The summed E-state index contributed by atoms with van der Waals surface area (Å²) in [6.45, 7) is 6.48. The lowest BCUT2D eigenvalue weighted by atomic mass is 10.0. The Balaban J connectivity index is 1.94. The maximum absolute atomic E-state index is 12.3. The molecule has 1 atom stereocenters. The van der Waals surface area contributed by atoms with E-state index in [1.807, 2.05) is 25.7 Å². The Kier molecular flexibility index (Phi) is 5.45. The van der Waals surface area contributed by atoms with Crippen LogP contribution < -0.4 is 0 Å². The van der Waals surface area contributed by atoms with Gasteiger partial charge in [0.2, 0.25) is 0 Å². The van der Waals surface area contributed by atoms with Gasteiger partial charge in [0.05, 0.1) is 6.20 Å². The Hall–Kier alpha value is -1.30. The number of hydrogen-bond acceptors (Lipinski definition) is 5. The van der Waals surface area contributed by atoms with Gasteiger partial charge in [0.15, 0.2) is 0 Å². The smallest absolute Gasteiger partial charge is 0.410 e. The van der Waals surface area contributed by atoms with Gasteiger partial charge in [-0.2, -0.15) is 0 Å². The van der Waals surface area contributed by atoms with Gasteiger partial charge in [-0.05, 0) is 40.0 Å². The monoisotopic (exact) mass is 309 g/mol. The number of thioether (sulfide) groups is 1. The Morgan fingerprint density at radius 2 is 2.24 bits per heavy atom. The lowest BCUT2D eigenvalue weighted by Gasteiger charge is -2.36. The molecule has 5 nitrogen and oxygen atoms in total. The van der Waals surface area contributed by atoms with Crippen LogP contribution in [0.3, 0.4) is 0 Å². The minimum atomic E-state index is -0.447. The number of carbonyl (C=O) groups excluding carboxylic acids is 1. The third-order valence-corrected chi connectivity index (χ3v) is 4.28. The van der Waals surface area contributed by atoms with Crippen molar-refractivity contribution in [1.82, 2.24) is 14.9 Å². The molecule has 0 spiro atoms. The van der Waals surface area contributed by atoms with E-state index < -0.39 is 5.60 Å². The highest BCUT2D eigenvalue weighted by atomic mass is 32.2. The van der Waals surface area contributed by atoms with E-state index in [-0.39, 0.29) is 12.1 Å². The minimum Gasteiger partial charge on any atom is -0.444 e. The first-order valence-electron chi connectivity index (χ1n) is 7.34. The van der Waals surface area contributed by atoms with Crippen molar-refractivity contribution < 1.29 is 9.53 Å². The van der Waals surface area contributed by atoms with Crippen LogP contribution in [0.5, 0.6) is 0 Å². The minimum absolute atomic E-state index is 0.202. The molecule has 1 aliphatic rings. The van der Waals surface area contributed by atoms with E-state index in [1.54, 1.807) is 30.4 Å². The SMILES string of the molecule is CC(C)(C)OC(=O)N1CCCC[C@H]1CSc1cnccn1. The molecule has 1 fully saturated rings. The van der Waals surface area contributed by atoms with Gasteiger partial charge in [-0.1, -0.05) is 0 Å². The third kappa shape index (κ3) is 5.19. The Bertz CT molecular complexity index is 462. The van der Waals surface area contributed by atoms with Crippen molar-refractivity contribution in [2.75, 3.05) is 12.3 Å². The Morgan fingerprint density at radius 3 is 2.90 bits per heavy atom. The molecular weight excluding hydrogens is 286 g/mol. The first-order valence-corrected chi connectivity index (χ1v) is 8.33. The van der Waals surface area contributed by atoms with Crippen molar-refractivity contribution in [2.45, 2.75) is 56.7 Å². The first-order chi connectivity index (χ1) is 9.96. The molecule has 0 aliphatic carbocycles. The zero-order valence-corrected chi connectivity index (χ0v) is 13.7. The number of likely N-dealkylation sites (tertiary alicyclic amines) is 1. The standard InChI is InChI=1S/C15H23N3O2S/c1-15(2,3)20-14(19)18-9-5-4-6-12(18)11-21-13-10-16-7-8-17-13/h7-8,10,12H,4-6,9,11H2,1-3H3/t12-/m0/s1. The van der Waals surface area contributed by atoms with Crippen LogP contribution >= 0.6 is 11.8 Å². The second kappa shape index (κ2) is 7.11. The van der Waals surface area contributed by atoms with Gasteiger partial charge in [-0.15, -0.1) is 11.8 Å². The predicted molar refractivity (Wildman–Crippen MR) is 83.3 cm³/mol. The Morgan fingerprint density at radius 1 is 1.43 bits per heavy atom. The van der Waals surface area contributed by atoms with Crippen LogP contribution in [0.15, 0.2) is 23.6 Å². The van der Waals surface area contributed by atoms with E-state index in [9.17, 15) is 4.79 Å². The van der Waals surface area contributed by atoms with E-state index in [0.29, 0.717) is 0 Å². The highest BCUT2D eigenvalue weighted by Gasteiger charge is 2.30. The van der Waals surface area contributed by atoms with Gasteiger partial charge >= 0.3 is 6.09 Å². The van der Waals surface area contributed by atoms with Crippen molar-refractivity contribution in [3.63, 3.8) is 0 Å². The maximum atomic E-state index is 12.3. The summed E-state index contributed by atoms with van der Waals surface area (Å²) in [6.07, 6.45) is 8.13. The fourth-order valence-corrected chi connectivity index (χ4v) is 3.26. The van der Waals surface area contributed by atoms with Crippen molar-refractivity contribution in [3.05, 3.63) is 18.6 Å². The lowest BCUT2D eigenvalue weighted by molar-refractivity contribution is 0.0126. The van der Waals surface area contributed by atoms with E-state index in [0.717, 1.165) is 36.6 Å². The summed E-state index contributed by atoms with van der Waals surface area (Å²) >= 11 is 1.64. The first kappa shape index (κ1) is 16.1. The van der Waals surface area contributed by atoms with Crippen LogP contribution in [0.25, 0.3) is 0 Å². The summed E-state index contributed by atoms with van der Waals surface area (Å²) in [5.41, 5.74) is -0.447. The average Bonchev–Trinajstić information content (AvgIpc) is 2.45. The molecule has 1 aromatic rings. The molecule has 1 aliphatic heterocycles. The third-order valence-electron chi connectivity index (χ3n) is 3.22. The van der Waals surface area contributed by atoms with Gasteiger partial charge in [0.25, 0.3) is 0 Å². The summed E-state index contributed by atoms with van der Waals surface area (Å²) in [4.78, 5) is 22.5. The van der Waals surface area contributed by atoms with Crippen molar-refractivity contribution >= 4 is 17.9 Å². The molecule has 21 heavy (non-hydrogen) atoms. The summed E-state index contributed by atoms with van der Waals surface area (Å²) < 4.78 is 5.51. The quantitative estimate of drug-likeness (QED) is 0.801. The molecule has 0 bridgehead atoms. The largest absolute Gasteiger partial charge is 0.444 e. The number of nitrogens with zero attached hydrogens (tertiary/aromatic N) is 3. The van der Waals surface area contributed by atoms with Crippen LogP contribution in [-0.4, -0.2) is 44.9 Å². The second-order valence-corrected chi connectivity index (χ2v) is 7.22. The number of aromatic nitrogens is 2. The van der Waals surface area contributed by atoms with Gasteiger partial charge in [-0.25, -0.2) is 9.78 Å². The molecule has 2 heterocycles. The molecule has 116 valence electrons. The molecule has 0 radical (unpaired) electrons. The molecule has 0 saturated carbocycles. The number of amides is 1. The zero-order valence-electron chi connectivity index (χ0n) is 12.9. The summed E-state index contributed by atoms with van der Waals surface area (Å²) in [5, 5.41) is 0.896. The predicted octanol–water partition coefficient (Wildman–Crippen LogP) is 3.36. The fraction of sp³-hybridized carbons (Fsp3) is 0.667. The topological polar surface area (TPSA) is 55.3 Å². The zero-order chi connectivity index (χ0) is 15.3. The molecule has 2 rings (SSSR count). The van der Waals surface area contributed by atoms with E-state index in [1.165, 1.54) is 0 Å². The Labute approximate surface area is 130 Å². The highest BCUT2D eigenvalue weighted by molar-refractivity contribution is 7.99. The molecule has 6 heteroatoms. The van der Waals surface area contributed by atoms with Crippen LogP contribution in [0.4, 0.5) is 4.79 Å². The van der Waals surface area contributed by atoms with Crippen molar-refractivity contribution in [2.24, 2.45) is 0 Å². The lowest BCUT2D eigenvalue weighted by Crippen LogP contribution is -2.47. The number of rotatable bonds is 3. The molecule has 0 aromatic carbocycles. The average molecular weight is 309 g/mol. The van der Waals surface area contributed by atoms with Crippen LogP contribution in [-0.2, 0) is 4.74 Å². The van der Waals surface area contributed by atoms with Crippen LogP contribution in [0, 0.1) is 0 Å². The number of ether oxygens (including phenoxy) is 1. The second-order valence-electron chi connectivity index (χ2n) is 6.18. The number of hydrogen-bond donors (Lipinski definition) is 0. The highest BCUT2D eigenvalue weighted by Crippen LogP contribution is 2.25. The van der Waals surface area contributed by atoms with E-state index in [4.69, 9.17) is 4.74 Å². The van der Waals surface area contributed by atoms with Crippen molar-refractivity contribution in [3.8, 4) is 0 Å². The summed E-state index contributed by atoms with van der Waals surface area (Å²) in [7, 11) is 0. The van der Waals surface area contributed by atoms with Crippen LogP contribution in [0.1, 0.15) is 40.0 Å². The maximum Gasteiger partial charge on any atom is 0.410 e. The van der Waals surface area contributed by atoms with Crippen molar-refractivity contribution in [1.29, 1.82) is 0 Å². The van der Waals surface area contributed by atoms with Gasteiger partial charge < -0.3 is 9.64 Å². The normalized spacial score (nSPS) is 19.4. The number of carbonyl (C=O) groups is 1. The molecule has 1 amide bonds. The summed E-state index contributed by atoms with van der Waals surface area (Å²) in [5.74, 6) is 0.831. The van der Waals surface area contributed by atoms with Gasteiger partial charge in [0.1, 0.15) is 10.6 Å². The van der Waals surface area contributed by atoms with E-state index in [2.05, 4.69) is 9.97 Å². The molecule has 1 saturated heterocycles. The summed E-state index contributed by atoms with van der Waals surface area (Å²) in [6, 6.07) is 0.209. The molecular formula is C15H23N3O2S. The van der Waals surface area contributed by atoms with E-state index >= 15 is 0 Å². The molecule has 1 aromatic heterocycles. The van der Waals surface area contributed by atoms with Gasteiger partial charge in [0, 0.05) is 30.7 Å². The molecule has 0 N–H and O–H groups in total.